The Morgan fingerprint density at radius 3 is 3.00 bits per heavy atom. The first-order chi connectivity index (χ1) is 9.20. The minimum atomic E-state index is 0.660. The van der Waals surface area contributed by atoms with Gasteiger partial charge in [-0.15, -0.1) is 5.10 Å². The van der Waals surface area contributed by atoms with E-state index in [1.54, 1.807) is 11.8 Å². The number of nitrogens with zero attached hydrogens (tertiary/aromatic N) is 3. The fourth-order valence-corrected chi connectivity index (χ4v) is 2.01. The molecule has 19 heavy (non-hydrogen) atoms. The van der Waals surface area contributed by atoms with Crippen LogP contribution < -0.4 is 5.32 Å². The van der Waals surface area contributed by atoms with Crippen LogP contribution in [0.3, 0.4) is 0 Å². The maximum Gasteiger partial charge on any atom is 0.0969 e. The fourth-order valence-electron chi connectivity index (χ4n) is 1.69. The second-order valence-electron chi connectivity index (χ2n) is 4.28. The quantitative estimate of drug-likeness (QED) is 0.822. The Bertz CT molecular complexity index is 541. The van der Waals surface area contributed by atoms with Crippen LogP contribution in [0.25, 0.3) is 5.69 Å². The number of rotatable bonds is 6. The van der Waals surface area contributed by atoms with Gasteiger partial charge in [0.15, 0.2) is 0 Å². The van der Waals surface area contributed by atoms with Gasteiger partial charge in [0.25, 0.3) is 0 Å². The summed E-state index contributed by atoms with van der Waals surface area (Å²) >= 11 is 6.20. The molecule has 1 aromatic heterocycles. The molecule has 0 fully saturated rings. The highest BCUT2D eigenvalue weighted by Crippen LogP contribution is 2.20. The highest BCUT2D eigenvalue weighted by molar-refractivity contribution is 6.32. The number of nitrogens with one attached hydrogen (secondary N) is 1. The number of aryl methyl sites for hydroxylation is 1. The summed E-state index contributed by atoms with van der Waals surface area (Å²) in [4.78, 5) is 0. The third-order valence-corrected chi connectivity index (χ3v) is 2.98. The molecule has 1 heterocycles. The summed E-state index contributed by atoms with van der Waals surface area (Å²) in [7, 11) is 1.68. The normalized spacial score (nSPS) is 10.9. The highest BCUT2D eigenvalue weighted by atomic mass is 35.5. The van der Waals surface area contributed by atoms with Crippen LogP contribution in [0.5, 0.6) is 0 Å². The maximum atomic E-state index is 6.20. The third kappa shape index (κ3) is 3.76. The van der Waals surface area contributed by atoms with Crippen molar-refractivity contribution in [3.8, 4) is 5.69 Å². The molecule has 5 nitrogen and oxygen atoms in total. The molecule has 0 unspecified atom stereocenters. The van der Waals surface area contributed by atoms with Crippen LogP contribution in [-0.2, 0) is 11.3 Å². The van der Waals surface area contributed by atoms with Gasteiger partial charge in [-0.25, -0.2) is 4.68 Å². The second kappa shape index (κ2) is 6.65. The van der Waals surface area contributed by atoms with E-state index in [1.165, 1.54) is 0 Å². The van der Waals surface area contributed by atoms with Crippen LogP contribution in [0.4, 0.5) is 0 Å². The standard InChI is InChI=1S/C13H17ClN4O/c1-10-3-4-13(12(14)7-10)18-9-11(16-17-18)8-15-5-6-19-2/h3-4,7,9,15H,5-6,8H2,1-2H3. The lowest BCUT2D eigenvalue weighted by molar-refractivity contribution is 0.199. The van der Waals surface area contributed by atoms with Crippen molar-refractivity contribution in [2.45, 2.75) is 13.5 Å². The number of benzene rings is 1. The van der Waals surface area contributed by atoms with Crippen LogP contribution in [0.2, 0.25) is 5.02 Å². The predicted octanol–water partition coefficient (Wildman–Crippen LogP) is 1.97. The highest BCUT2D eigenvalue weighted by Gasteiger charge is 2.06. The van der Waals surface area contributed by atoms with Gasteiger partial charge in [-0.05, 0) is 24.6 Å². The van der Waals surface area contributed by atoms with Crippen molar-refractivity contribution in [2.75, 3.05) is 20.3 Å². The number of hydrogen-bond acceptors (Lipinski definition) is 4. The molecule has 0 spiro atoms. The van der Waals surface area contributed by atoms with E-state index in [2.05, 4.69) is 15.6 Å². The Morgan fingerprint density at radius 2 is 2.26 bits per heavy atom. The summed E-state index contributed by atoms with van der Waals surface area (Å²) in [6, 6.07) is 5.85. The zero-order valence-corrected chi connectivity index (χ0v) is 11.8. The molecular formula is C13H17ClN4O. The SMILES string of the molecule is COCCNCc1cn(-c2ccc(C)cc2Cl)nn1. The molecule has 0 saturated heterocycles. The molecule has 1 N–H and O–H groups in total. The number of hydrogen-bond donors (Lipinski definition) is 1. The van der Waals surface area contributed by atoms with Crippen molar-refractivity contribution in [3.63, 3.8) is 0 Å². The molecule has 0 aliphatic carbocycles. The number of halogens is 1. The summed E-state index contributed by atoms with van der Waals surface area (Å²) in [5, 5.41) is 12.1. The van der Waals surface area contributed by atoms with E-state index >= 15 is 0 Å². The van der Waals surface area contributed by atoms with E-state index in [9.17, 15) is 0 Å². The Morgan fingerprint density at radius 1 is 1.42 bits per heavy atom. The fraction of sp³-hybridized carbons (Fsp3) is 0.385. The summed E-state index contributed by atoms with van der Waals surface area (Å²) in [5.74, 6) is 0. The molecule has 1 aromatic carbocycles. The third-order valence-electron chi connectivity index (χ3n) is 2.68. The van der Waals surface area contributed by atoms with Gasteiger partial charge in [-0.3, -0.25) is 0 Å². The van der Waals surface area contributed by atoms with Gasteiger partial charge in [-0.2, -0.15) is 0 Å². The predicted molar refractivity (Wildman–Crippen MR) is 74.7 cm³/mol. The molecule has 0 aliphatic rings. The van der Waals surface area contributed by atoms with Gasteiger partial charge in [-0.1, -0.05) is 22.9 Å². The molecule has 0 bridgehead atoms. The van der Waals surface area contributed by atoms with E-state index in [1.807, 2.05) is 31.3 Å². The monoisotopic (exact) mass is 280 g/mol. The molecule has 102 valence electrons. The van der Waals surface area contributed by atoms with Gasteiger partial charge in [0, 0.05) is 20.2 Å². The summed E-state index contributed by atoms with van der Waals surface area (Å²) < 4.78 is 6.65. The molecule has 0 atom stereocenters. The van der Waals surface area contributed by atoms with Crippen molar-refractivity contribution in [1.82, 2.24) is 20.3 Å². The zero-order valence-electron chi connectivity index (χ0n) is 11.1. The Balaban J connectivity index is 2.04. The molecule has 2 rings (SSSR count). The smallest absolute Gasteiger partial charge is 0.0969 e. The van der Waals surface area contributed by atoms with Crippen molar-refractivity contribution in [3.05, 3.63) is 40.7 Å². The van der Waals surface area contributed by atoms with Gasteiger partial charge in [0.1, 0.15) is 0 Å². The van der Waals surface area contributed by atoms with Crippen molar-refractivity contribution < 1.29 is 4.74 Å². The maximum absolute atomic E-state index is 6.20. The minimum absolute atomic E-state index is 0.660. The average Bonchev–Trinajstić information content (AvgIpc) is 2.83. The molecule has 0 amide bonds. The first-order valence-electron chi connectivity index (χ1n) is 6.08. The Hall–Kier alpha value is -1.43. The van der Waals surface area contributed by atoms with E-state index in [0.717, 1.165) is 23.5 Å². The van der Waals surface area contributed by atoms with Crippen molar-refractivity contribution in [1.29, 1.82) is 0 Å². The lowest BCUT2D eigenvalue weighted by Crippen LogP contribution is -2.18. The van der Waals surface area contributed by atoms with E-state index in [0.29, 0.717) is 18.2 Å². The van der Waals surface area contributed by atoms with Gasteiger partial charge in [0.05, 0.1) is 29.2 Å². The molecule has 0 aliphatic heterocycles. The minimum Gasteiger partial charge on any atom is -0.383 e. The second-order valence-corrected chi connectivity index (χ2v) is 4.69. The van der Waals surface area contributed by atoms with Gasteiger partial charge >= 0.3 is 0 Å². The Labute approximate surface area is 117 Å². The first kappa shape index (κ1) is 14.0. The van der Waals surface area contributed by atoms with Crippen LogP contribution in [0.1, 0.15) is 11.3 Å². The molecule has 2 aromatic rings. The number of ether oxygens (including phenoxy) is 1. The van der Waals surface area contributed by atoms with Crippen molar-refractivity contribution in [2.24, 2.45) is 0 Å². The largest absolute Gasteiger partial charge is 0.383 e. The summed E-state index contributed by atoms with van der Waals surface area (Å²) in [6.45, 7) is 4.13. The van der Waals surface area contributed by atoms with Crippen LogP contribution in [0, 0.1) is 6.92 Å². The van der Waals surface area contributed by atoms with Gasteiger partial charge in [0.2, 0.25) is 0 Å². The lowest BCUT2D eigenvalue weighted by Gasteiger charge is -2.03. The van der Waals surface area contributed by atoms with Crippen molar-refractivity contribution >= 4 is 11.6 Å². The molecular weight excluding hydrogens is 264 g/mol. The summed E-state index contributed by atoms with van der Waals surface area (Å²) in [6.07, 6.45) is 1.87. The Kier molecular flexibility index (Phi) is 4.90. The van der Waals surface area contributed by atoms with Gasteiger partial charge < -0.3 is 10.1 Å². The van der Waals surface area contributed by atoms with E-state index < -0.39 is 0 Å². The average molecular weight is 281 g/mol. The van der Waals surface area contributed by atoms with E-state index in [-0.39, 0.29) is 0 Å². The van der Waals surface area contributed by atoms with E-state index in [4.69, 9.17) is 16.3 Å². The lowest BCUT2D eigenvalue weighted by atomic mass is 10.2. The van der Waals surface area contributed by atoms with Crippen LogP contribution in [0.15, 0.2) is 24.4 Å². The molecule has 6 heteroatoms. The topological polar surface area (TPSA) is 52.0 Å². The van der Waals surface area contributed by atoms with Crippen LogP contribution in [-0.4, -0.2) is 35.3 Å². The molecule has 0 radical (unpaired) electrons. The first-order valence-corrected chi connectivity index (χ1v) is 6.46. The zero-order chi connectivity index (χ0) is 13.7. The number of methoxy groups -OCH3 is 1. The number of aromatic nitrogens is 3. The van der Waals surface area contributed by atoms with Crippen LogP contribution >= 0.6 is 11.6 Å². The summed E-state index contributed by atoms with van der Waals surface area (Å²) in [5.41, 5.74) is 2.82. The molecule has 0 saturated carbocycles.